The minimum Gasteiger partial charge on any atom is -0.811 e. The van der Waals surface area contributed by atoms with Gasteiger partial charge in [0.05, 0.1) is 6.10 Å². The van der Waals surface area contributed by atoms with E-state index < -0.39 is 62.6 Å². The van der Waals surface area contributed by atoms with Crippen molar-refractivity contribution in [1.82, 2.24) is 9.55 Å². The third-order valence-electron chi connectivity index (χ3n) is 4.57. The first kappa shape index (κ1) is 20.6. The topological polar surface area (TPSA) is 186 Å². The molecule has 7 atom stereocenters. The van der Waals surface area contributed by atoms with Crippen LogP contribution in [-0.2, 0) is 23.1 Å². The van der Waals surface area contributed by atoms with E-state index in [1.807, 2.05) is 4.98 Å². The van der Waals surface area contributed by atoms with Gasteiger partial charge in [-0.3, -0.25) is 14.3 Å². The maximum atomic E-state index is 12.1. The molecule has 1 saturated carbocycles. The summed E-state index contributed by atoms with van der Waals surface area (Å²) in [5.41, 5.74) is -2.69. The first-order valence-electron chi connectivity index (χ1n) is 7.91. The van der Waals surface area contributed by atoms with Gasteiger partial charge in [-0.2, -0.15) is 0 Å². The fourth-order valence-corrected chi connectivity index (χ4v) is 5.19. The Morgan fingerprint density at radius 2 is 1.93 bits per heavy atom. The van der Waals surface area contributed by atoms with Crippen molar-refractivity contribution >= 4 is 15.2 Å². The highest BCUT2D eigenvalue weighted by molar-refractivity contribution is 7.50. The van der Waals surface area contributed by atoms with Crippen molar-refractivity contribution in [2.45, 2.75) is 36.6 Å². The third kappa shape index (κ3) is 4.33. The normalized spacial score (nSPS) is 35.7. The Morgan fingerprint density at radius 1 is 1.26 bits per heavy atom. The summed E-state index contributed by atoms with van der Waals surface area (Å²) in [6.07, 6.45) is -3.56. The molecule has 152 valence electrons. The average molecular weight is 423 g/mol. The molecule has 0 spiro atoms. The Kier molecular flexibility index (Phi) is 5.39. The number of H-pyrrole nitrogens is 1. The monoisotopic (exact) mass is 423 g/mol. The lowest BCUT2D eigenvalue weighted by molar-refractivity contribution is -0.314. The Balaban J connectivity index is 1.97. The highest BCUT2D eigenvalue weighted by atomic mass is 31.2. The molecule has 1 N–H and O–H groups in total. The van der Waals surface area contributed by atoms with Gasteiger partial charge in [0.1, 0.15) is 19.8 Å². The quantitative estimate of drug-likeness (QED) is 0.473. The van der Waals surface area contributed by atoms with Gasteiger partial charge in [0.25, 0.3) is 5.56 Å². The van der Waals surface area contributed by atoms with Crippen molar-refractivity contribution in [2.24, 2.45) is 5.92 Å². The van der Waals surface area contributed by atoms with Gasteiger partial charge in [-0.1, -0.05) is 7.60 Å². The van der Waals surface area contributed by atoms with Crippen LogP contribution in [0, 0.1) is 5.92 Å². The first-order valence-corrected chi connectivity index (χ1v) is 11.5. The van der Waals surface area contributed by atoms with Gasteiger partial charge in [-0.25, -0.2) is 4.79 Å². The molecule has 12 nitrogen and oxygen atoms in total. The van der Waals surface area contributed by atoms with Crippen molar-refractivity contribution in [3.05, 3.63) is 33.1 Å². The van der Waals surface area contributed by atoms with E-state index >= 15 is 0 Å². The van der Waals surface area contributed by atoms with Gasteiger partial charge in [0.15, 0.2) is 6.23 Å². The zero-order valence-electron chi connectivity index (χ0n) is 14.3. The summed E-state index contributed by atoms with van der Waals surface area (Å²) in [5.74, 6) is -0.788. The molecule has 0 radical (unpaired) electrons. The number of rotatable bonds is 6. The molecule has 2 aliphatic rings. The molecule has 1 aromatic rings. The summed E-state index contributed by atoms with van der Waals surface area (Å²) in [5, 5.41) is 0. The summed E-state index contributed by atoms with van der Waals surface area (Å²) >= 11 is 0. The molecule has 7 unspecified atom stereocenters. The van der Waals surface area contributed by atoms with E-state index in [0.29, 0.717) is 0 Å². The second kappa shape index (κ2) is 7.06. The van der Waals surface area contributed by atoms with E-state index in [0.717, 1.165) is 23.5 Å². The molecule has 0 bridgehead atoms. The fraction of sp³-hybridized carbons (Fsp3) is 0.692. The van der Waals surface area contributed by atoms with Crippen LogP contribution in [0.3, 0.4) is 0 Å². The molecule has 2 fully saturated rings. The molecule has 0 amide bonds. The van der Waals surface area contributed by atoms with Crippen LogP contribution in [0.25, 0.3) is 0 Å². The first-order chi connectivity index (χ1) is 12.4. The van der Waals surface area contributed by atoms with Gasteiger partial charge < -0.3 is 37.8 Å². The minimum absolute atomic E-state index is 0.00858. The van der Waals surface area contributed by atoms with Gasteiger partial charge in [0.2, 0.25) is 0 Å². The molecule has 1 aliphatic heterocycles. The summed E-state index contributed by atoms with van der Waals surface area (Å²) < 4.78 is 40.0. The number of aromatic nitrogens is 2. The summed E-state index contributed by atoms with van der Waals surface area (Å²) in [4.78, 5) is 59.6. The fourth-order valence-electron chi connectivity index (χ4n) is 3.37. The van der Waals surface area contributed by atoms with E-state index in [-0.39, 0.29) is 6.42 Å². The second-order valence-electron chi connectivity index (χ2n) is 6.56. The highest BCUT2D eigenvalue weighted by Gasteiger charge is 2.57. The van der Waals surface area contributed by atoms with Crippen molar-refractivity contribution in [2.75, 3.05) is 13.8 Å². The van der Waals surface area contributed by atoms with Gasteiger partial charge in [-0.05, 0) is 18.0 Å². The Morgan fingerprint density at radius 3 is 2.41 bits per heavy atom. The standard InChI is InChI=1S/C13H20N2O10P2/c1-23-11-10(25-26(2,18)19)9(6-5-7(6)27(20,21)22)24-12(11)15-4-3-8(16)14-13(15)17/h3-4,6-7,9-12H,5H2,1-2H3,(H,18,19)(H,14,16,17)(H2,20,21,22)/p-3. The Bertz CT molecular complexity index is 916. The lowest BCUT2D eigenvalue weighted by atomic mass is 10.1. The Hall–Kier alpha value is -1.10. The summed E-state index contributed by atoms with van der Waals surface area (Å²) in [6, 6.07) is 1.06. The number of methoxy groups -OCH3 is 1. The zero-order chi connectivity index (χ0) is 20.1. The van der Waals surface area contributed by atoms with Crippen molar-refractivity contribution in [3.63, 3.8) is 0 Å². The maximum absolute atomic E-state index is 12.1. The molecular formula is C13H17N2O10P2-3. The molecule has 3 rings (SSSR count). The van der Waals surface area contributed by atoms with Gasteiger partial charge >= 0.3 is 5.69 Å². The van der Waals surface area contributed by atoms with Gasteiger partial charge in [-0.15, -0.1) is 0 Å². The number of nitrogens with one attached hydrogen (secondary N) is 1. The van der Waals surface area contributed by atoms with E-state index in [1.165, 1.54) is 7.11 Å². The molecule has 1 aromatic heterocycles. The van der Waals surface area contributed by atoms with Crippen molar-refractivity contribution in [3.8, 4) is 0 Å². The van der Waals surface area contributed by atoms with Crippen LogP contribution in [0.2, 0.25) is 0 Å². The van der Waals surface area contributed by atoms with Crippen LogP contribution >= 0.6 is 15.2 Å². The van der Waals surface area contributed by atoms with Crippen LogP contribution in [-0.4, -0.2) is 47.3 Å². The van der Waals surface area contributed by atoms with E-state index in [2.05, 4.69) is 0 Å². The van der Waals surface area contributed by atoms with Crippen molar-refractivity contribution in [1.29, 1.82) is 0 Å². The molecule has 1 aliphatic carbocycles. The van der Waals surface area contributed by atoms with Crippen LogP contribution in [0.5, 0.6) is 0 Å². The molecule has 14 heteroatoms. The van der Waals surface area contributed by atoms with Gasteiger partial charge in [0, 0.05) is 26.0 Å². The summed E-state index contributed by atoms with van der Waals surface area (Å²) in [7, 11) is -7.95. The van der Waals surface area contributed by atoms with E-state index in [1.54, 1.807) is 0 Å². The number of hydrogen-bond donors (Lipinski definition) is 1. The number of hydrogen-bond acceptors (Lipinski definition) is 10. The second-order valence-corrected chi connectivity index (χ2v) is 10.1. The van der Waals surface area contributed by atoms with E-state index in [9.17, 15) is 33.4 Å². The summed E-state index contributed by atoms with van der Waals surface area (Å²) in [6.45, 7) is 0.826. The number of nitrogens with zero attached hydrogens (tertiary/aromatic N) is 1. The molecule has 27 heavy (non-hydrogen) atoms. The van der Waals surface area contributed by atoms with Crippen molar-refractivity contribution < 1.29 is 37.8 Å². The lowest BCUT2D eigenvalue weighted by Gasteiger charge is -2.32. The largest absolute Gasteiger partial charge is 0.811 e. The van der Waals surface area contributed by atoms with Crippen LogP contribution in [0.15, 0.2) is 21.9 Å². The maximum Gasteiger partial charge on any atom is 0.330 e. The minimum atomic E-state index is -4.89. The SMILES string of the molecule is COC1C(OP(C)(=O)[O-])C(C2CC2P(=O)([O-])[O-])OC1n1ccc(=O)[nH]c1=O. The number of aromatic amines is 1. The Labute approximate surface area is 152 Å². The zero-order valence-corrected chi connectivity index (χ0v) is 16.0. The average Bonchev–Trinajstić information content (AvgIpc) is 3.24. The van der Waals surface area contributed by atoms with Crippen LogP contribution in [0.4, 0.5) is 0 Å². The highest BCUT2D eigenvalue weighted by Crippen LogP contribution is 2.58. The molecule has 2 heterocycles. The molecule has 1 saturated heterocycles. The predicted molar refractivity (Wildman–Crippen MR) is 83.9 cm³/mol. The van der Waals surface area contributed by atoms with Crippen LogP contribution < -0.4 is 25.9 Å². The molecular weight excluding hydrogens is 406 g/mol. The van der Waals surface area contributed by atoms with Crippen LogP contribution in [0.1, 0.15) is 12.6 Å². The third-order valence-corrected chi connectivity index (χ3v) is 6.60. The lowest BCUT2D eigenvalue weighted by Crippen LogP contribution is -2.40. The smallest absolute Gasteiger partial charge is 0.330 e. The van der Waals surface area contributed by atoms with E-state index in [4.69, 9.17) is 14.0 Å². The molecule has 0 aromatic carbocycles. The number of ether oxygens (including phenoxy) is 2. The predicted octanol–water partition coefficient (Wildman–Crippen LogP) is -2.68.